The van der Waals surface area contributed by atoms with Crippen molar-refractivity contribution in [1.82, 2.24) is 19.9 Å². The maximum absolute atomic E-state index is 13.0. The van der Waals surface area contributed by atoms with Gasteiger partial charge in [-0.05, 0) is 95.0 Å². The molecule has 0 saturated carbocycles. The van der Waals surface area contributed by atoms with Gasteiger partial charge in [-0.2, -0.15) is 4.72 Å². The Bertz CT molecular complexity index is 1610. The first-order valence-electron chi connectivity index (χ1n) is 14.7. The van der Waals surface area contributed by atoms with Gasteiger partial charge in [-0.25, -0.2) is 13.2 Å². The lowest BCUT2D eigenvalue weighted by atomic mass is 9.98. The summed E-state index contributed by atoms with van der Waals surface area (Å²) in [7, 11) is -4.07. The first kappa shape index (κ1) is 34.3. The predicted molar refractivity (Wildman–Crippen MR) is 172 cm³/mol. The number of nitrogens with one attached hydrogen (secondary N) is 3. The number of ether oxygens (including phenoxy) is 3. The van der Waals surface area contributed by atoms with Crippen LogP contribution in [0.1, 0.15) is 51.0 Å². The van der Waals surface area contributed by atoms with Crippen molar-refractivity contribution >= 4 is 54.8 Å². The van der Waals surface area contributed by atoms with E-state index < -0.39 is 33.5 Å². The highest BCUT2D eigenvalue weighted by molar-refractivity contribution is 9.10. The topological polar surface area (TPSA) is 156 Å². The highest BCUT2D eigenvalue weighted by atomic mass is 79.9. The maximum Gasteiger partial charge on any atom is 0.410 e. The molecule has 45 heavy (non-hydrogen) atoms. The molecule has 3 N–H and O–H groups in total. The highest BCUT2D eigenvalue weighted by Gasteiger charge is 2.29. The molecule has 244 valence electrons. The number of hydrogen-bond donors (Lipinski definition) is 3. The number of sulfonamides is 1. The van der Waals surface area contributed by atoms with Crippen LogP contribution in [-0.2, 0) is 24.3 Å². The molecule has 12 nitrogen and oxygen atoms in total. The summed E-state index contributed by atoms with van der Waals surface area (Å²) in [5, 5.41) is 3.36. The van der Waals surface area contributed by atoms with Crippen LogP contribution >= 0.6 is 15.9 Å². The van der Waals surface area contributed by atoms with Crippen molar-refractivity contribution in [1.29, 1.82) is 0 Å². The van der Waals surface area contributed by atoms with E-state index >= 15 is 0 Å². The van der Waals surface area contributed by atoms with E-state index in [9.17, 15) is 22.8 Å². The van der Waals surface area contributed by atoms with Crippen molar-refractivity contribution in [2.75, 3.05) is 32.8 Å². The van der Waals surface area contributed by atoms with E-state index in [1.165, 1.54) is 12.1 Å². The molecular formula is C31H39BrN4O8S. The average Bonchev–Trinajstić information content (AvgIpc) is 3.41. The number of halogens is 1. The van der Waals surface area contributed by atoms with Gasteiger partial charge in [0.15, 0.2) is 0 Å². The summed E-state index contributed by atoms with van der Waals surface area (Å²) in [4.78, 5) is 42.6. The van der Waals surface area contributed by atoms with Crippen molar-refractivity contribution in [3.8, 4) is 5.75 Å². The predicted octanol–water partition coefficient (Wildman–Crippen LogP) is 4.60. The number of hydrogen-bond acceptors (Lipinski definition) is 8. The molecule has 0 spiro atoms. The third-order valence-corrected chi connectivity index (χ3v) is 9.06. The fourth-order valence-corrected chi connectivity index (χ4v) is 6.17. The van der Waals surface area contributed by atoms with Gasteiger partial charge in [0.05, 0.1) is 18.1 Å². The average molecular weight is 708 g/mol. The number of amides is 2. The number of esters is 1. The largest absolute Gasteiger partial charge is 0.493 e. The standard InChI is InChI=1S/C31H39BrN4O8S/c1-5-42-29(38)27(35-45(40,41)24-9-6-22(32)7-10-24)18-33-28(37)26-17-21-16-23(8-11-25(21)34-26)43-19-20-12-14-36(15-13-20)30(39)44-31(2,3)4/h6-11,16-17,20,27,34-35H,5,12-15,18-19H2,1-4H3,(H,33,37)/t27-/m0/s1. The van der Waals surface area contributed by atoms with E-state index in [1.54, 1.807) is 36.1 Å². The fraction of sp³-hybridized carbons (Fsp3) is 0.452. The van der Waals surface area contributed by atoms with Gasteiger partial charge in [0, 0.05) is 35.0 Å². The first-order valence-corrected chi connectivity index (χ1v) is 17.0. The van der Waals surface area contributed by atoms with Gasteiger partial charge in [-0.15, -0.1) is 0 Å². The second-order valence-electron chi connectivity index (χ2n) is 11.7. The van der Waals surface area contributed by atoms with Crippen molar-refractivity contribution in [2.45, 2.75) is 57.1 Å². The normalized spacial score (nSPS) is 15.0. The molecule has 0 radical (unpaired) electrons. The van der Waals surface area contributed by atoms with E-state index in [1.807, 2.05) is 32.9 Å². The van der Waals surface area contributed by atoms with Gasteiger partial charge in [0.25, 0.3) is 5.91 Å². The number of rotatable bonds is 11. The number of likely N-dealkylation sites (tertiary alicyclic amines) is 1. The minimum Gasteiger partial charge on any atom is -0.493 e. The maximum atomic E-state index is 13.0. The molecule has 3 aromatic rings. The zero-order chi connectivity index (χ0) is 32.8. The number of carbonyl (C=O) groups excluding carboxylic acids is 3. The number of piperidine rings is 1. The molecule has 1 saturated heterocycles. The summed E-state index contributed by atoms with van der Waals surface area (Å²) in [6, 6.07) is 11.7. The van der Waals surface area contributed by atoms with Crippen LogP contribution in [0.25, 0.3) is 10.9 Å². The monoisotopic (exact) mass is 706 g/mol. The van der Waals surface area contributed by atoms with E-state index in [0.29, 0.717) is 41.4 Å². The quantitative estimate of drug-likeness (QED) is 0.245. The van der Waals surface area contributed by atoms with E-state index in [4.69, 9.17) is 14.2 Å². The number of benzene rings is 2. The van der Waals surface area contributed by atoms with Crippen LogP contribution in [0.4, 0.5) is 4.79 Å². The molecule has 2 amide bonds. The van der Waals surface area contributed by atoms with Crippen LogP contribution in [0, 0.1) is 5.92 Å². The Morgan fingerprint density at radius 1 is 1.07 bits per heavy atom. The summed E-state index contributed by atoms with van der Waals surface area (Å²) >= 11 is 3.26. The Labute approximate surface area is 271 Å². The van der Waals surface area contributed by atoms with Crippen molar-refractivity contribution in [2.24, 2.45) is 5.92 Å². The zero-order valence-electron chi connectivity index (χ0n) is 25.7. The molecule has 0 bridgehead atoms. The number of H-pyrrole nitrogens is 1. The van der Waals surface area contributed by atoms with Gasteiger partial charge < -0.3 is 29.4 Å². The summed E-state index contributed by atoms with van der Waals surface area (Å²) in [6.07, 6.45) is 1.32. The van der Waals surface area contributed by atoms with Gasteiger partial charge in [0.1, 0.15) is 23.1 Å². The van der Waals surface area contributed by atoms with E-state index in [0.717, 1.165) is 18.2 Å². The van der Waals surface area contributed by atoms with Crippen LogP contribution in [0.5, 0.6) is 5.75 Å². The molecule has 4 rings (SSSR count). The number of fused-ring (bicyclic) bond motifs is 1. The summed E-state index contributed by atoms with van der Waals surface area (Å²) < 4.78 is 45.3. The second kappa shape index (κ2) is 14.6. The minimum atomic E-state index is -4.07. The van der Waals surface area contributed by atoms with Gasteiger partial charge in [0.2, 0.25) is 10.0 Å². The summed E-state index contributed by atoms with van der Waals surface area (Å²) in [6.45, 7) is 8.59. The Morgan fingerprint density at radius 3 is 2.40 bits per heavy atom. The Balaban J connectivity index is 1.33. The highest BCUT2D eigenvalue weighted by Crippen LogP contribution is 2.25. The molecule has 14 heteroatoms. The molecule has 2 aromatic carbocycles. The Hall–Kier alpha value is -3.62. The first-order chi connectivity index (χ1) is 21.2. The third-order valence-electron chi connectivity index (χ3n) is 7.05. The molecule has 0 unspecified atom stereocenters. The number of aromatic amines is 1. The van der Waals surface area contributed by atoms with Gasteiger partial charge >= 0.3 is 12.1 Å². The summed E-state index contributed by atoms with van der Waals surface area (Å²) in [5.74, 6) is -0.400. The SMILES string of the molecule is CCOC(=O)[C@H](CNC(=O)c1cc2cc(OCC3CCN(C(=O)OC(C)(C)C)CC3)ccc2[nH]1)NS(=O)(=O)c1ccc(Br)cc1. The molecule has 1 aliphatic rings. The molecule has 1 aromatic heterocycles. The van der Waals surface area contributed by atoms with Crippen LogP contribution in [0.2, 0.25) is 0 Å². The Kier molecular flexibility index (Phi) is 11.2. The lowest BCUT2D eigenvalue weighted by Crippen LogP contribution is -2.49. The van der Waals surface area contributed by atoms with Crippen LogP contribution < -0.4 is 14.8 Å². The molecule has 0 aliphatic carbocycles. The molecular weight excluding hydrogens is 668 g/mol. The van der Waals surface area contributed by atoms with Crippen molar-refractivity contribution in [3.05, 3.63) is 58.7 Å². The van der Waals surface area contributed by atoms with E-state index in [2.05, 4.69) is 31.0 Å². The summed E-state index contributed by atoms with van der Waals surface area (Å²) in [5.41, 5.74) is 0.409. The molecule has 2 heterocycles. The third kappa shape index (κ3) is 9.68. The molecule has 1 fully saturated rings. The number of aromatic nitrogens is 1. The second-order valence-corrected chi connectivity index (χ2v) is 14.4. The number of carbonyl (C=O) groups is 3. The zero-order valence-corrected chi connectivity index (χ0v) is 28.1. The number of nitrogens with zero attached hydrogens (tertiary/aromatic N) is 1. The van der Waals surface area contributed by atoms with Crippen molar-refractivity contribution in [3.63, 3.8) is 0 Å². The van der Waals surface area contributed by atoms with Gasteiger partial charge in [-0.3, -0.25) is 9.59 Å². The van der Waals surface area contributed by atoms with E-state index in [-0.39, 0.29) is 29.8 Å². The van der Waals surface area contributed by atoms with Crippen LogP contribution in [0.15, 0.2) is 57.9 Å². The van der Waals surface area contributed by atoms with Gasteiger partial charge in [-0.1, -0.05) is 15.9 Å². The lowest BCUT2D eigenvalue weighted by molar-refractivity contribution is -0.144. The van der Waals surface area contributed by atoms with Crippen molar-refractivity contribution < 1.29 is 37.0 Å². The van der Waals surface area contributed by atoms with Crippen LogP contribution in [0.3, 0.4) is 0 Å². The fourth-order valence-electron chi connectivity index (χ4n) is 4.72. The molecule has 1 aliphatic heterocycles. The van der Waals surface area contributed by atoms with Crippen LogP contribution in [-0.4, -0.2) is 80.8 Å². The lowest BCUT2D eigenvalue weighted by Gasteiger charge is -2.33. The Morgan fingerprint density at radius 2 is 1.76 bits per heavy atom. The minimum absolute atomic E-state index is 0.0359. The molecule has 1 atom stereocenters. The smallest absolute Gasteiger partial charge is 0.410 e.